The molecule has 0 unspecified atom stereocenters. The molecule has 3 heterocycles. The van der Waals surface area contributed by atoms with Gasteiger partial charge in [0.15, 0.2) is 0 Å². The number of amides is 2. The molecule has 0 radical (unpaired) electrons. The smallest absolute Gasteiger partial charge is 0.274 e. The Kier molecular flexibility index (Phi) is 9.43. The number of aryl methyl sites for hydroxylation is 1. The molecule has 2 amide bonds. The van der Waals surface area contributed by atoms with E-state index in [-0.39, 0.29) is 47.3 Å². The summed E-state index contributed by atoms with van der Waals surface area (Å²) in [5.74, 6) is 0.464. The summed E-state index contributed by atoms with van der Waals surface area (Å²) < 4.78 is 8.20. The van der Waals surface area contributed by atoms with Crippen LogP contribution in [0.1, 0.15) is 110 Å². The molecule has 2 aliphatic carbocycles. The lowest BCUT2D eigenvalue weighted by Crippen LogP contribution is -2.52. The number of carbonyl (C=O) groups is 2. The van der Waals surface area contributed by atoms with Crippen molar-refractivity contribution in [2.45, 2.75) is 114 Å². The number of fused-ring (bicyclic) bond motifs is 1. The molecule has 3 N–H and O–H groups in total. The first-order chi connectivity index (χ1) is 23.3. The maximum absolute atomic E-state index is 14.1. The van der Waals surface area contributed by atoms with Gasteiger partial charge in [-0.3, -0.25) is 14.4 Å². The quantitative estimate of drug-likeness (QED) is 0.256. The van der Waals surface area contributed by atoms with E-state index in [9.17, 15) is 19.5 Å². The lowest BCUT2D eigenvalue weighted by Gasteiger charge is -2.48. The van der Waals surface area contributed by atoms with Crippen molar-refractivity contribution >= 4 is 17.5 Å². The summed E-state index contributed by atoms with van der Waals surface area (Å²) in [5, 5.41) is 18.6. The van der Waals surface area contributed by atoms with Crippen LogP contribution in [0.25, 0.3) is 0 Å². The van der Waals surface area contributed by atoms with E-state index in [0.29, 0.717) is 31.4 Å². The number of aliphatic hydroxyl groups excluding tert-OH is 1. The molecule has 7 rings (SSSR count). The Morgan fingerprint density at radius 3 is 2.50 bits per heavy atom. The van der Waals surface area contributed by atoms with Gasteiger partial charge >= 0.3 is 0 Å². The van der Waals surface area contributed by atoms with Gasteiger partial charge in [0.1, 0.15) is 17.0 Å². The summed E-state index contributed by atoms with van der Waals surface area (Å²) in [6, 6.07) is 17.3. The minimum atomic E-state index is -0.896. The van der Waals surface area contributed by atoms with Crippen molar-refractivity contribution in [3.63, 3.8) is 0 Å². The second-order valence-electron chi connectivity index (χ2n) is 14.3. The molecule has 48 heavy (non-hydrogen) atoms. The van der Waals surface area contributed by atoms with E-state index in [2.05, 4.69) is 35.8 Å². The molecular weight excluding hydrogens is 604 g/mol. The first kappa shape index (κ1) is 32.6. The van der Waals surface area contributed by atoms with E-state index in [0.717, 1.165) is 74.7 Å². The molecule has 1 aromatic heterocycles. The van der Waals surface area contributed by atoms with Crippen LogP contribution in [-0.4, -0.2) is 52.3 Å². The third-order valence-electron chi connectivity index (χ3n) is 11.0. The molecule has 1 spiro atoms. The average molecular weight is 653 g/mol. The van der Waals surface area contributed by atoms with Crippen molar-refractivity contribution < 1.29 is 19.4 Å². The predicted octanol–water partition coefficient (Wildman–Crippen LogP) is 5.39. The van der Waals surface area contributed by atoms with Crippen molar-refractivity contribution in [3.8, 4) is 5.75 Å². The van der Waals surface area contributed by atoms with Crippen LogP contribution in [0.5, 0.6) is 5.75 Å². The third kappa shape index (κ3) is 6.67. The van der Waals surface area contributed by atoms with E-state index in [1.807, 2.05) is 30.3 Å². The van der Waals surface area contributed by atoms with Crippen molar-refractivity contribution in [2.24, 2.45) is 0 Å². The van der Waals surface area contributed by atoms with Gasteiger partial charge in [-0.2, -0.15) is 0 Å². The van der Waals surface area contributed by atoms with Crippen LogP contribution < -0.4 is 25.8 Å². The Labute approximate surface area is 282 Å². The molecule has 2 aliphatic heterocycles. The maximum atomic E-state index is 14.1. The molecule has 254 valence electrons. The number of aromatic nitrogens is 1. The second kappa shape index (κ2) is 13.9. The number of nitrogens with one attached hydrogen (secondary N) is 2. The molecule has 3 atom stereocenters. The van der Waals surface area contributed by atoms with E-state index < -0.39 is 12.1 Å². The Hall–Kier alpha value is -3.95. The minimum Gasteiger partial charge on any atom is -0.487 e. The topological polar surface area (TPSA) is 113 Å². The molecule has 2 saturated carbocycles. The number of rotatable bonds is 11. The Bertz CT molecular complexity index is 1690. The zero-order chi connectivity index (χ0) is 33.3. The molecule has 4 aliphatic rings. The molecule has 3 aromatic rings. The highest BCUT2D eigenvalue weighted by molar-refractivity contribution is 5.98. The molecular formula is C39H48N4O5. The Morgan fingerprint density at radius 2 is 1.81 bits per heavy atom. The van der Waals surface area contributed by atoms with Crippen molar-refractivity contribution in [1.29, 1.82) is 0 Å². The van der Waals surface area contributed by atoms with Gasteiger partial charge < -0.3 is 29.9 Å². The highest BCUT2D eigenvalue weighted by atomic mass is 16.5. The summed E-state index contributed by atoms with van der Waals surface area (Å²) >= 11 is 0. The van der Waals surface area contributed by atoms with Gasteiger partial charge in [-0.25, -0.2) is 0 Å². The number of ether oxygens (including phenoxy) is 1. The first-order valence-electron chi connectivity index (χ1n) is 18.0. The molecule has 9 heteroatoms. The lowest BCUT2D eigenvalue weighted by atomic mass is 9.72. The van der Waals surface area contributed by atoms with Crippen LogP contribution in [0, 0.1) is 0 Å². The van der Waals surface area contributed by atoms with Crippen LogP contribution in [0.3, 0.4) is 0 Å². The van der Waals surface area contributed by atoms with Crippen molar-refractivity contribution in [2.75, 3.05) is 18.0 Å². The standard InChI is InChI=1S/C39H48N4O5/c1-2-26-15-16-35-30(20-26)32(23-39(48-35)17-9-18-39)40-24-34(44)31(21-27-10-4-3-5-11-27)41-37(46)28-22-33(42-19-8-14-36(42)45)38(47)43(25-28)29-12-6-7-13-29/h3-5,10-11,15-16,20,22,25,29,31-32,34,40,44H,2,6-9,12-14,17-19,21,23-24H2,1H3,(H,41,46)/t31-,32-,34+/m0/s1. The zero-order valence-electron chi connectivity index (χ0n) is 28.0. The van der Waals surface area contributed by atoms with Crippen LogP contribution in [0.15, 0.2) is 65.6 Å². The number of anilines is 1. The third-order valence-corrected chi connectivity index (χ3v) is 11.0. The van der Waals surface area contributed by atoms with Gasteiger partial charge in [0.05, 0.1) is 17.7 Å². The number of hydrogen-bond acceptors (Lipinski definition) is 6. The summed E-state index contributed by atoms with van der Waals surface area (Å²) in [6.07, 6.45) is 11.1. The van der Waals surface area contributed by atoms with Gasteiger partial charge in [-0.15, -0.1) is 0 Å². The number of carbonyl (C=O) groups excluding carboxylic acids is 2. The fraction of sp³-hybridized carbons (Fsp3) is 0.513. The van der Waals surface area contributed by atoms with Gasteiger partial charge in [0, 0.05) is 49.8 Å². The van der Waals surface area contributed by atoms with E-state index in [4.69, 9.17) is 4.74 Å². The van der Waals surface area contributed by atoms with Gasteiger partial charge in [-0.1, -0.05) is 62.2 Å². The molecule has 3 fully saturated rings. The number of hydrogen-bond donors (Lipinski definition) is 3. The summed E-state index contributed by atoms with van der Waals surface area (Å²) in [7, 11) is 0. The van der Waals surface area contributed by atoms with Crippen LogP contribution in [-0.2, 0) is 17.6 Å². The summed E-state index contributed by atoms with van der Waals surface area (Å²) in [4.78, 5) is 42.0. The van der Waals surface area contributed by atoms with Crippen molar-refractivity contribution in [3.05, 3.63) is 93.4 Å². The van der Waals surface area contributed by atoms with Gasteiger partial charge in [0.25, 0.3) is 11.5 Å². The largest absolute Gasteiger partial charge is 0.487 e. The van der Waals surface area contributed by atoms with E-state index in [1.54, 1.807) is 16.8 Å². The summed E-state index contributed by atoms with van der Waals surface area (Å²) in [6.45, 7) is 2.90. The Balaban J connectivity index is 1.14. The zero-order valence-corrected chi connectivity index (χ0v) is 28.0. The average Bonchev–Trinajstić information content (AvgIpc) is 3.78. The molecule has 9 nitrogen and oxygen atoms in total. The van der Waals surface area contributed by atoms with Crippen LogP contribution >= 0.6 is 0 Å². The number of benzene rings is 2. The van der Waals surface area contributed by atoms with Crippen molar-refractivity contribution in [1.82, 2.24) is 15.2 Å². The lowest BCUT2D eigenvalue weighted by molar-refractivity contribution is -0.117. The minimum absolute atomic E-state index is 0.00569. The van der Waals surface area contributed by atoms with Gasteiger partial charge in [-0.05, 0) is 74.6 Å². The molecule has 2 aromatic carbocycles. The van der Waals surface area contributed by atoms with E-state index in [1.165, 1.54) is 10.5 Å². The second-order valence-corrected chi connectivity index (χ2v) is 14.3. The highest BCUT2D eigenvalue weighted by Crippen LogP contribution is 2.49. The number of nitrogens with zero attached hydrogens (tertiary/aromatic N) is 2. The molecule has 1 saturated heterocycles. The fourth-order valence-electron chi connectivity index (χ4n) is 8.07. The summed E-state index contributed by atoms with van der Waals surface area (Å²) in [5.41, 5.74) is 3.60. The van der Waals surface area contributed by atoms with Crippen LogP contribution in [0.2, 0.25) is 0 Å². The normalized spacial score (nSPS) is 21.4. The Morgan fingerprint density at radius 1 is 1.02 bits per heavy atom. The van der Waals surface area contributed by atoms with E-state index >= 15 is 0 Å². The maximum Gasteiger partial charge on any atom is 0.274 e. The SMILES string of the molecule is CCc1ccc2c(c1)[C@@H](NC[C@@H](O)[C@H](Cc1ccccc1)NC(=O)c1cc(N3CCCC3=O)c(=O)n(C3CCCC3)c1)CC1(CCC1)O2. The number of aliphatic hydroxyl groups is 1. The molecule has 0 bridgehead atoms. The monoisotopic (exact) mass is 652 g/mol. The van der Waals surface area contributed by atoms with Gasteiger partial charge in [0.2, 0.25) is 5.91 Å². The number of pyridine rings is 1. The first-order valence-corrected chi connectivity index (χ1v) is 18.0. The van der Waals surface area contributed by atoms with Crippen LogP contribution in [0.4, 0.5) is 5.69 Å². The predicted molar refractivity (Wildman–Crippen MR) is 186 cm³/mol. The fourth-order valence-corrected chi connectivity index (χ4v) is 8.07. The highest BCUT2D eigenvalue weighted by Gasteiger charge is 2.45.